The van der Waals surface area contributed by atoms with Gasteiger partial charge in [-0.15, -0.1) is 0 Å². The molecule has 2 aromatic heterocycles. The van der Waals surface area contributed by atoms with Gasteiger partial charge in [-0.2, -0.15) is 5.10 Å². The van der Waals surface area contributed by atoms with Gasteiger partial charge in [0.1, 0.15) is 5.52 Å². The van der Waals surface area contributed by atoms with Gasteiger partial charge in [0.15, 0.2) is 5.78 Å². The Morgan fingerprint density at radius 3 is 3.07 bits per heavy atom. The average molecular weight is 191 g/mol. The minimum absolute atomic E-state index is 0.164. The van der Waals surface area contributed by atoms with Crippen molar-refractivity contribution in [3.63, 3.8) is 0 Å². The standard InChI is InChI=1S/C9H9N3O2/c1-2-7(13)5-3-10-6-4-11-12-8(6)9(5)14/h3-4H,2H2,1H3,(H,10,14)(H,11,12). The van der Waals surface area contributed by atoms with Crippen LogP contribution in [0.15, 0.2) is 17.2 Å². The second kappa shape index (κ2) is 3.10. The van der Waals surface area contributed by atoms with Crippen LogP contribution in [0.2, 0.25) is 0 Å². The number of hydrogen-bond acceptors (Lipinski definition) is 3. The minimum atomic E-state index is -0.289. The zero-order valence-corrected chi connectivity index (χ0v) is 7.63. The molecule has 0 atom stereocenters. The number of nitrogens with zero attached hydrogens (tertiary/aromatic N) is 1. The molecule has 14 heavy (non-hydrogen) atoms. The largest absolute Gasteiger partial charge is 0.358 e. The second-order valence-electron chi connectivity index (χ2n) is 2.97. The maximum Gasteiger partial charge on any atom is 0.217 e. The number of hydrogen-bond donors (Lipinski definition) is 2. The fraction of sp³-hybridized carbons (Fsp3) is 0.222. The third-order valence-corrected chi connectivity index (χ3v) is 2.10. The molecule has 2 N–H and O–H groups in total. The number of carbonyl (C=O) groups excluding carboxylic acids is 1. The maximum absolute atomic E-state index is 11.7. The molecule has 0 saturated heterocycles. The van der Waals surface area contributed by atoms with Gasteiger partial charge >= 0.3 is 0 Å². The van der Waals surface area contributed by atoms with Crippen LogP contribution in [0.3, 0.4) is 0 Å². The molecule has 5 nitrogen and oxygen atoms in total. The number of rotatable bonds is 2. The number of pyridine rings is 1. The normalized spacial score (nSPS) is 10.6. The van der Waals surface area contributed by atoms with Crippen molar-refractivity contribution in [2.45, 2.75) is 13.3 Å². The van der Waals surface area contributed by atoms with E-state index in [-0.39, 0.29) is 16.8 Å². The number of nitrogens with one attached hydrogen (secondary N) is 2. The zero-order chi connectivity index (χ0) is 10.1. The topological polar surface area (TPSA) is 78.6 Å². The predicted molar refractivity (Wildman–Crippen MR) is 51.3 cm³/mol. The first-order valence-corrected chi connectivity index (χ1v) is 4.32. The van der Waals surface area contributed by atoms with E-state index in [1.165, 1.54) is 12.4 Å². The van der Waals surface area contributed by atoms with Crippen LogP contribution in [-0.4, -0.2) is 21.0 Å². The van der Waals surface area contributed by atoms with E-state index in [1.54, 1.807) is 6.92 Å². The highest BCUT2D eigenvalue weighted by Crippen LogP contribution is 2.04. The van der Waals surface area contributed by atoms with E-state index in [4.69, 9.17) is 0 Å². The second-order valence-corrected chi connectivity index (χ2v) is 2.97. The Morgan fingerprint density at radius 2 is 2.36 bits per heavy atom. The van der Waals surface area contributed by atoms with Crippen LogP contribution in [0.1, 0.15) is 23.7 Å². The van der Waals surface area contributed by atoms with Gasteiger partial charge in [-0.25, -0.2) is 0 Å². The third kappa shape index (κ3) is 1.14. The van der Waals surface area contributed by atoms with Gasteiger partial charge < -0.3 is 4.98 Å². The molecule has 5 heteroatoms. The van der Waals surface area contributed by atoms with Gasteiger partial charge in [-0.1, -0.05) is 6.92 Å². The molecule has 0 aromatic carbocycles. The quantitative estimate of drug-likeness (QED) is 0.690. The van der Waals surface area contributed by atoms with Gasteiger partial charge in [0.05, 0.1) is 17.3 Å². The molecular formula is C9H9N3O2. The van der Waals surface area contributed by atoms with Crippen LogP contribution in [0.25, 0.3) is 11.0 Å². The Morgan fingerprint density at radius 1 is 1.57 bits per heavy atom. The van der Waals surface area contributed by atoms with E-state index in [1.807, 2.05) is 0 Å². The molecule has 0 amide bonds. The summed E-state index contributed by atoms with van der Waals surface area (Å²) in [6.07, 6.45) is 3.27. The van der Waals surface area contributed by atoms with Crippen molar-refractivity contribution in [1.82, 2.24) is 15.2 Å². The molecule has 72 valence electrons. The summed E-state index contributed by atoms with van der Waals surface area (Å²) in [4.78, 5) is 25.9. The first kappa shape index (κ1) is 8.68. The van der Waals surface area contributed by atoms with Crippen molar-refractivity contribution >= 4 is 16.8 Å². The Balaban J connectivity index is 2.74. The SMILES string of the molecule is CCC(=O)c1c[nH]c2cn[nH]c2c1=O. The van der Waals surface area contributed by atoms with Crippen LogP contribution in [-0.2, 0) is 0 Å². The highest BCUT2D eigenvalue weighted by atomic mass is 16.1. The van der Waals surface area contributed by atoms with Gasteiger partial charge in [0.2, 0.25) is 5.43 Å². The lowest BCUT2D eigenvalue weighted by Gasteiger charge is -1.96. The first-order valence-electron chi connectivity index (χ1n) is 4.32. The summed E-state index contributed by atoms with van der Waals surface area (Å²) in [5.74, 6) is -0.164. The molecule has 0 spiro atoms. The third-order valence-electron chi connectivity index (χ3n) is 2.10. The molecule has 2 heterocycles. The molecule has 0 bridgehead atoms. The number of carbonyl (C=O) groups is 1. The summed E-state index contributed by atoms with van der Waals surface area (Å²) in [5.41, 5.74) is 0.860. The molecular weight excluding hydrogens is 182 g/mol. The van der Waals surface area contributed by atoms with Crippen molar-refractivity contribution in [1.29, 1.82) is 0 Å². The van der Waals surface area contributed by atoms with E-state index < -0.39 is 0 Å². The van der Waals surface area contributed by atoms with Crippen molar-refractivity contribution < 1.29 is 4.79 Å². The van der Waals surface area contributed by atoms with E-state index in [2.05, 4.69) is 15.2 Å². The van der Waals surface area contributed by atoms with E-state index in [9.17, 15) is 9.59 Å². The van der Waals surface area contributed by atoms with Crippen LogP contribution in [0.5, 0.6) is 0 Å². The average Bonchev–Trinajstić information content (AvgIpc) is 2.66. The van der Waals surface area contributed by atoms with Crippen LogP contribution < -0.4 is 5.43 Å². The summed E-state index contributed by atoms with van der Waals surface area (Å²) >= 11 is 0. The van der Waals surface area contributed by atoms with E-state index in [0.29, 0.717) is 17.5 Å². The lowest BCUT2D eigenvalue weighted by molar-refractivity contribution is 0.0987. The summed E-state index contributed by atoms with van der Waals surface area (Å²) in [7, 11) is 0. The molecule has 0 saturated carbocycles. The molecule has 2 rings (SSSR count). The molecule has 2 aromatic rings. The highest BCUT2D eigenvalue weighted by molar-refractivity contribution is 5.97. The van der Waals surface area contributed by atoms with E-state index in [0.717, 1.165) is 0 Å². The summed E-state index contributed by atoms with van der Waals surface area (Å²) in [6, 6.07) is 0. The minimum Gasteiger partial charge on any atom is -0.358 e. The maximum atomic E-state index is 11.7. The number of aromatic amines is 2. The van der Waals surface area contributed by atoms with Crippen LogP contribution >= 0.6 is 0 Å². The predicted octanol–water partition coefficient (Wildman–Crippen LogP) is 0.844. The molecule has 0 aliphatic heterocycles. The van der Waals surface area contributed by atoms with Crippen LogP contribution in [0.4, 0.5) is 0 Å². The number of H-pyrrole nitrogens is 2. The number of fused-ring (bicyclic) bond motifs is 1. The Bertz CT molecular complexity index is 538. The van der Waals surface area contributed by atoms with Crippen molar-refractivity contribution in [2.75, 3.05) is 0 Å². The molecule has 0 radical (unpaired) electrons. The van der Waals surface area contributed by atoms with Gasteiger partial charge in [-0.05, 0) is 0 Å². The van der Waals surface area contributed by atoms with Crippen molar-refractivity contribution in [3.05, 3.63) is 28.2 Å². The molecule has 0 aliphatic carbocycles. The zero-order valence-electron chi connectivity index (χ0n) is 7.63. The summed E-state index contributed by atoms with van der Waals surface area (Å²) in [6.45, 7) is 1.72. The number of aromatic nitrogens is 3. The Kier molecular flexibility index (Phi) is 1.92. The fourth-order valence-electron chi connectivity index (χ4n) is 1.32. The molecule has 0 fully saturated rings. The fourth-order valence-corrected chi connectivity index (χ4v) is 1.32. The number of ketones is 1. The monoisotopic (exact) mass is 191 g/mol. The Labute approximate surface area is 79.1 Å². The lowest BCUT2D eigenvalue weighted by Crippen LogP contribution is -2.15. The highest BCUT2D eigenvalue weighted by Gasteiger charge is 2.11. The van der Waals surface area contributed by atoms with Gasteiger partial charge in [0, 0.05) is 12.6 Å². The van der Waals surface area contributed by atoms with Crippen LogP contribution in [0, 0.1) is 0 Å². The van der Waals surface area contributed by atoms with Crippen molar-refractivity contribution in [2.24, 2.45) is 0 Å². The summed E-state index contributed by atoms with van der Waals surface area (Å²) in [5, 5.41) is 6.28. The lowest BCUT2D eigenvalue weighted by atomic mass is 10.1. The Hall–Kier alpha value is -1.91. The first-order chi connectivity index (χ1) is 6.74. The van der Waals surface area contributed by atoms with E-state index >= 15 is 0 Å². The van der Waals surface area contributed by atoms with Crippen molar-refractivity contribution in [3.8, 4) is 0 Å². The van der Waals surface area contributed by atoms with Gasteiger partial charge in [0.25, 0.3) is 0 Å². The molecule has 0 aliphatic rings. The summed E-state index contributed by atoms with van der Waals surface area (Å²) < 4.78 is 0. The van der Waals surface area contributed by atoms with Gasteiger partial charge in [-0.3, -0.25) is 14.7 Å². The number of Topliss-reactive ketones (excluding diaryl/α,β-unsaturated/α-hetero) is 1. The molecule has 0 unspecified atom stereocenters. The smallest absolute Gasteiger partial charge is 0.217 e.